The van der Waals surface area contributed by atoms with E-state index >= 15 is 0 Å². The van der Waals surface area contributed by atoms with Crippen LogP contribution in [0.1, 0.15) is 226 Å². The Bertz CT molecular complexity index is 1590. The van der Waals surface area contributed by atoms with Crippen LogP contribution >= 0.6 is 0 Å². The summed E-state index contributed by atoms with van der Waals surface area (Å²) in [6.07, 6.45) is 82.7. The van der Waals surface area contributed by atoms with Gasteiger partial charge in [-0.2, -0.15) is 0 Å². The predicted molar refractivity (Wildman–Crippen MR) is 306 cm³/mol. The first kappa shape index (κ1) is 66.3. The maximum absolute atomic E-state index is 12.8. The van der Waals surface area contributed by atoms with Gasteiger partial charge in [0.1, 0.15) is 13.2 Å². The van der Waals surface area contributed by atoms with Gasteiger partial charge in [-0.25, -0.2) is 0 Å². The molecule has 0 fully saturated rings. The summed E-state index contributed by atoms with van der Waals surface area (Å²) < 4.78 is 16.8. The molecule has 0 saturated heterocycles. The van der Waals surface area contributed by atoms with E-state index in [2.05, 4.69) is 167 Å². The Morgan fingerprint density at radius 1 is 0.296 bits per heavy atom. The van der Waals surface area contributed by atoms with Gasteiger partial charge in [-0.05, 0) is 135 Å². The van der Waals surface area contributed by atoms with E-state index in [9.17, 15) is 14.4 Å². The lowest BCUT2D eigenvalue weighted by Crippen LogP contribution is -2.30. The number of unbranched alkanes of at least 4 members (excludes halogenated alkanes) is 14. The molecule has 0 rings (SSSR count). The largest absolute Gasteiger partial charge is 0.462 e. The Kier molecular flexibility index (Phi) is 54.0. The third-order valence-corrected chi connectivity index (χ3v) is 11.3. The number of hydrogen-bond acceptors (Lipinski definition) is 6. The zero-order valence-corrected chi connectivity index (χ0v) is 45.4. The molecular weight excluding hydrogens is 877 g/mol. The fraction of sp³-hybridized carbons (Fsp3) is 0.585. The van der Waals surface area contributed by atoms with Crippen molar-refractivity contribution < 1.29 is 28.6 Å². The van der Waals surface area contributed by atoms with Crippen molar-refractivity contribution in [2.45, 2.75) is 232 Å². The van der Waals surface area contributed by atoms with Crippen molar-refractivity contribution in [1.82, 2.24) is 0 Å². The van der Waals surface area contributed by atoms with Crippen LogP contribution in [0.25, 0.3) is 0 Å². The summed E-state index contributed by atoms with van der Waals surface area (Å²) in [5.74, 6) is -0.991. The first-order valence-corrected chi connectivity index (χ1v) is 28.3. The highest BCUT2D eigenvalue weighted by atomic mass is 16.6. The molecule has 0 radical (unpaired) electrons. The van der Waals surface area contributed by atoms with E-state index in [1.54, 1.807) is 0 Å². The highest BCUT2D eigenvalue weighted by Crippen LogP contribution is 2.12. The van der Waals surface area contributed by atoms with Crippen LogP contribution in [0.15, 0.2) is 146 Å². The fourth-order valence-corrected chi connectivity index (χ4v) is 7.10. The minimum Gasteiger partial charge on any atom is -0.462 e. The zero-order valence-electron chi connectivity index (χ0n) is 45.4. The van der Waals surface area contributed by atoms with E-state index in [1.165, 1.54) is 25.7 Å². The zero-order chi connectivity index (χ0) is 51.4. The maximum Gasteiger partial charge on any atom is 0.306 e. The highest BCUT2D eigenvalue weighted by Gasteiger charge is 2.19. The van der Waals surface area contributed by atoms with E-state index in [0.29, 0.717) is 19.3 Å². The average molecular weight is 980 g/mol. The third kappa shape index (κ3) is 56.1. The molecule has 0 N–H and O–H groups in total. The number of allylic oxidation sites excluding steroid dienone is 24. The highest BCUT2D eigenvalue weighted by molar-refractivity contribution is 5.71. The van der Waals surface area contributed by atoms with E-state index in [0.717, 1.165) is 154 Å². The van der Waals surface area contributed by atoms with Gasteiger partial charge in [0.05, 0.1) is 0 Å². The van der Waals surface area contributed by atoms with Crippen molar-refractivity contribution in [2.24, 2.45) is 0 Å². The second-order valence-electron chi connectivity index (χ2n) is 18.1. The number of carbonyl (C=O) groups is 3. The van der Waals surface area contributed by atoms with Gasteiger partial charge < -0.3 is 14.2 Å². The van der Waals surface area contributed by atoms with Crippen LogP contribution in [0, 0.1) is 0 Å². The van der Waals surface area contributed by atoms with Gasteiger partial charge in [0.25, 0.3) is 0 Å². The van der Waals surface area contributed by atoms with Crippen molar-refractivity contribution in [3.8, 4) is 0 Å². The van der Waals surface area contributed by atoms with E-state index in [1.807, 2.05) is 0 Å². The summed E-state index contributed by atoms with van der Waals surface area (Å²) in [5.41, 5.74) is 0. The summed E-state index contributed by atoms with van der Waals surface area (Å²) in [7, 11) is 0. The predicted octanol–water partition coefficient (Wildman–Crippen LogP) is 19.2. The van der Waals surface area contributed by atoms with Gasteiger partial charge in [-0.1, -0.05) is 218 Å². The van der Waals surface area contributed by atoms with E-state index < -0.39 is 6.10 Å². The second kappa shape index (κ2) is 57.9. The second-order valence-corrected chi connectivity index (χ2v) is 18.1. The van der Waals surface area contributed by atoms with Crippen molar-refractivity contribution in [1.29, 1.82) is 0 Å². The van der Waals surface area contributed by atoms with Crippen LogP contribution in [-0.2, 0) is 28.6 Å². The van der Waals surface area contributed by atoms with Crippen LogP contribution in [0.3, 0.4) is 0 Å². The molecule has 1 atom stereocenters. The van der Waals surface area contributed by atoms with Crippen molar-refractivity contribution in [3.63, 3.8) is 0 Å². The molecule has 398 valence electrons. The molecule has 0 heterocycles. The van der Waals surface area contributed by atoms with Gasteiger partial charge in [0, 0.05) is 19.3 Å². The van der Waals surface area contributed by atoms with Gasteiger partial charge in [0.2, 0.25) is 0 Å². The smallest absolute Gasteiger partial charge is 0.306 e. The first-order chi connectivity index (χ1) is 35.0. The number of ether oxygens (including phenoxy) is 3. The molecule has 0 aliphatic carbocycles. The first-order valence-electron chi connectivity index (χ1n) is 28.3. The summed E-state index contributed by atoms with van der Waals surface area (Å²) >= 11 is 0. The molecule has 0 spiro atoms. The summed E-state index contributed by atoms with van der Waals surface area (Å²) in [4.78, 5) is 38.1. The normalized spacial score (nSPS) is 13.2. The number of esters is 3. The maximum atomic E-state index is 12.8. The van der Waals surface area contributed by atoms with Gasteiger partial charge in [0.15, 0.2) is 6.10 Å². The topological polar surface area (TPSA) is 78.9 Å². The van der Waals surface area contributed by atoms with E-state index in [-0.39, 0.29) is 37.5 Å². The minimum atomic E-state index is -0.817. The van der Waals surface area contributed by atoms with Crippen LogP contribution in [0.5, 0.6) is 0 Å². The Morgan fingerprint density at radius 3 is 0.901 bits per heavy atom. The Morgan fingerprint density at radius 2 is 0.549 bits per heavy atom. The quantitative estimate of drug-likeness (QED) is 0.0262. The Hall–Kier alpha value is -4.71. The molecule has 0 aromatic heterocycles. The standard InChI is InChI=1S/C65H102O6/c1-4-7-10-13-16-19-22-24-26-27-28-29-30-31-32-33-34-35-36-37-39-40-43-46-49-52-55-58-64(67)70-61-62(60-69-63(66)57-54-51-48-45-42-21-18-15-12-9-6-3)71-65(68)59-56-53-50-47-44-41-38-25-23-20-17-14-11-8-5-2/h7-8,10-11,15-20,24-26,28-29,31-32,34-35,37-39,44,47,62H,4-6,9,12-14,21-23,27,30,33,36,40-43,45-46,48-61H2,1-3H3/b10-7-,11-8-,18-15-,19-16-,20-17-,26-24-,29-28-,32-31-,35-34-,38-25-,39-37-,47-44-. The molecule has 6 heteroatoms. The molecule has 0 saturated carbocycles. The number of rotatable bonds is 49. The van der Waals surface area contributed by atoms with E-state index in [4.69, 9.17) is 14.2 Å². The van der Waals surface area contributed by atoms with Gasteiger partial charge in [-0.3, -0.25) is 14.4 Å². The summed E-state index contributed by atoms with van der Waals surface area (Å²) in [5, 5.41) is 0. The van der Waals surface area contributed by atoms with Crippen molar-refractivity contribution in [2.75, 3.05) is 13.2 Å². The van der Waals surface area contributed by atoms with Gasteiger partial charge in [-0.15, -0.1) is 0 Å². The SMILES string of the molecule is CC/C=C\C/C=C\C/C=C\C/C=C\C/C=C\C/C=C\C/C=C\CCCCCCCC(=O)OCC(COC(=O)CCCCCCC/C=C\CCCC)OC(=O)CCCC/C=C\C/C=C\C/C=C\C/C=C\CC. The Balaban J connectivity index is 4.41. The molecule has 0 amide bonds. The van der Waals surface area contributed by atoms with Gasteiger partial charge >= 0.3 is 17.9 Å². The third-order valence-electron chi connectivity index (χ3n) is 11.3. The number of carbonyl (C=O) groups excluding carboxylic acids is 3. The van der Waals surface area contributed by atoms with Crippen LogP contribution in [-0.4, -0.2) is 37.2 Å². The molecule has 1 unspecified atom stereocenters. The van der Waals surface area contributed by atoms with Crippen LogP contribution < -0.4 is 0 Å². The molecule has 6 nitrogen and oxygen atoms in total. The van der Waals surface area contributed by atoms with Crippen molar-refractivity contribution >= 4 is 17.9 Å². The molecule has 71 heavy (non-hydrogen) atoms. The molecule has 0 aliphatic heterocycles. The molecule has 0 bridgehead atoms. The number of hydrogen-bond donors (Lipinski definition) is 0. The molecular formula is C65H102O6. The molecule has 0 aromatic rings. The minimum absolute atomic E-state index is 0.111. The van der Waals surface area contributed by atoms with Crippen LogP contribution in [0.2, 0.25) is 0 Å². The lowest BCUT2D eigenvalue weighted by Gasteiger charge is -2.18. The Labute approximate surface area is 436 Å². The molecule has 0 aliphatic rings. The lowest BCUT2D eigenvalue weighted by molar-refractivity contribution is -0.167. The molecule has 0 aromatic carbocycles. The summed E-state index contributed by atoms with van der Waals surface area (Å²) in [6, 6.07) is 0. The lowest BCUT2D eigenvalue weighted by atomic mass is 10.1. The summed E-state index contributed by atoms with van der Waals surface area (Å²) in [6.45, 7) is 6.29. The monoisotopic (exact) mass is 979 g/mol. The van der Waals surface area contributed by atoms with Crippen molar-refractivity contribution in [3.05, 3.63) is 146 Å². The average Bonchev–Trinajstić information content (AvgIpc) is 3.37. The van der Waals surface area contributed by atoms with Crippen LogP contribution in [0.4, 0.5) is 0 Å². The fourth-order valence-electron chi connectivity index (χ4n) is 7.10.